The highest BCUT2D eigenvalue weighted by atomic mass is 19.4. The summed E-state index contributed by atoms with van der Waals surface area (Å²) >= 11 is 0. The minimum Gasteiger partial charge on any atom is -0.497 e. The van der Waals surface area contributed by atoms with Crippen molar-refractivity contribution < 1.29 is 27.0 Å². The van der Waals surface area contributed by atoms with Gasteiger partial charge in [-0.2, -0.15) is 13.2 Å². The van der Waals surface area contributed by atoms with E-state index in [0.29, 0.717) is 12.2 Å². The molecule has 6 rings (SSSR count). The minimum absolute atomic E-state index is 0.0600. The van der Waals surface area contributed by atoms with Gasteiger partial charge in [-0.25, -0.2) is 9.37 Å². The first-order chi connectivity index (χ1) is 20.2. The van der Waals surface area contributed by atoms with Gasteiger partial charge < -0.3 is 24.2 Å². The van der Waals surface area contributed by atoms with Crippen molar-refractivity contribution in [3.05, 3.63) is 89.5 Å². The summed E-state index contributed by atoms with van der Waals surface area (Å²) in [6.07, 6.45) is 10.5. The number of anilines is 1. The molecule has 2 unspecified atom stereocenters. The van der Waals surface area contributed by atoms with Gasteiger partial charge in [-0.05, 0) is 42.5 Å². The third-order valence-electron chi connectivity index (χ3n) is 8.42. The molecule has 0 bridgehead atoms. The van der Waals surface area contributed by atoms with Gasteiger partial charge in [0.15, 0.2) is 0 Å². The van der Waals surface area contributed by atoms with Crippen LogP contribution in [0.1, 0.15) is 12.1 Å². The van der Waals surface area contributed by atoms with Crippen LogP contribution in [0.2, 0.25) is 0 Å². The normalized spacial score (nSPS) is 23.0. The highest BCUT2D eigenvalue weighted by Gasteiger charge is 2.36. The number of hydrogen-bond donors (Lipinski definition) is 0. The number of fused-ring (bicyclic) bond motifs is 2. The molecular formula is C31H33F4N5O2. The van der Waals surface area contributed by atoms with Crippen molar-refractivity contribution in [3.8, 4) is 5.75 Å². The molecule has 0 N–H and O–H groups in total. The highest BCUT2D eigenvalue weighted by molar-refractivity contribution is 5.96. The van der Waals surface area contributed by atoms with E-state index in [4.69, 9.17) is 9.47 Å². The smallest absolute Gasteiger partial charge is 0.433 e. The Bertz CT molecular complexity index is 1520. The number of methoxy groups -OCH3 is 2. The van der Waals surface area contributed by atoms with Crippen LogP contribution in [0.5, 0.6) is 5.75 Å². The van der Waals surface area contributed by atoms with Gasteiger partial charge in [-0.3, -0.25) is 4.90 Å². The molecule has 222 valence electrons. The molecule has 0 spiro atoms. The standard InChI is InChI=1S/C31H33F4N5O2/c1-37-10-4-5-20-17-22(41-2)18-25(30(20)37)40-15-13-38(14-16-40)21-8-11-39(12-9-21)24-7-6-23(32)28-26(42-3)19-27(31(33,34)35)36-29(24)28/h4-8,10-11,17-19,21,30H,9,12-16H2,1-3H3. The summed E-state index contributed by atoms with van der Waals surface area (Å²) < 4.78 is 66.2. The van der Waals surface area contributed by atoms with E-state index in [0.717, 1.165) is 44.4 Å². The maximum absolute atomic E-state index is 14.8. The Morgan fingerprint density at radius 1 is 0.976 bits per heavy atom. The fraction of sp³-hybridized carbons (Fsp3) is 0.387. The van der Waals surface area contributed by atoms with Crippen LogP contribution >= 0.6 is 0 Å². The number of aromatic nitrogens is 1. The molecule has 1 saturated heterocycles. The van der Waals surface area contributed by atoms with Crippen LogP contribution in [-0.2, 0) is 10.9 Å². The average Bonchev–Trinajstić information content (AvgIpc) is 3.00. The molecule has 0 amide bonds. The van der Waals surface area contributed by atoms with Gasteiger partial charge in [0.1, 0.15) is 28.5 Å². The molecule has 4 heterocycles. The molecule has 2 aromatic rings. The lowest BCUT2D eigenvalue weighted by molar-refractivity contribution is -0.141. The molecule has 1 aliphatic carbocycles. The van der Waals surface area contributed by atoms with E-state index >= 15 is 0 Å². The summed E-state index contributed by atoms with van der Waals surface area (Å²) in [6.45, 7) is 4.03. The zero-order valence-electron chi connectivity index (χ0n) is 23.7. The van der Waals surface area contributed by atoms with Crippen molar-refractivity contribution in [1.82, 2.24) is 19.7 Å². The molecule has 3 aliphatic heterocycles. The fourth-order valence-corrected chi connectivity index (χ4v) is 6.27. The summed E-state index contributed by atoms with van der Waals surface area (Å²) in [7, 11) is 5.00. The molecule has 1 aromatic heterocycles. The number of piperazine rings is 1. The van der Waals surface area contributed by atoms with Gasteiger partial charge in [0.2, 0.25) is 0 Å². The second kappa shape index (κ2) is 11.0. The Labute approximate surface area is 242 Å². The van der Waals surface area contributed by atoms with E-state index in [2.05, 4.69) is 57.2 Å². The third kappa shape index (κ3) is 5.10. The van der Waals surface area contributed by atoms with Crippen molar-refractivity contribution in [2.45, 2.75) is 24.7 Å². The number of rotatable bonds is 5. The van der Waals surface area contributed by atoms with Crippen LogP contribution in [0.25, 0.3) is 10.9 Å². The molecule has 2 atom stereocenters. The van der Waals surface area contributed by atoms with Gasteiger partial charge in [-0.15, -0.1) is 0 Å². The van der Waals surface area contributed by atoms with Crippen LogP contribution in [-0.4, -0.2) is 85.8 Å². The quantitative estimate of drug-likeness (QED) is 0.443. The van der Waals surface area contributed by atoms with E-state index in [9.17, 15) is 17.6 Å². The molecule has 1 aromatic carbocycles. The predicted molar refractivity (Wildman–Crippen MR) is 153 cm³/mol. The van der Waals surface area contributed by atoms with Crippen LogP contribution in [0.3, 0.4) is 0 Å². The monoisotopic (exact) mass is 583 g/mol. The number of allylic oxidation sites excluding steroid dienone is 3. The first-order valence-corrected chi connectivity index (χ1v) is 13.9. The van der Waals surface area contributed by atoms with Crippen molar-refractivity contribution in [3.63, 3.8) is 0 Å². The Hall–Kier alpha value is -3.99. The Morgan fingerprint density at radius 2 is 1.76 bits per heavy atom. The molecule has 7 nitrogen and oxygen atoms in total. The summed E-state index contributed by atoms with van der Waals surface area (Å²) in [5, 5.41) is -0.0600. The highest BCUT2D eigenvalue weighted by Crippen LogP contribution is 2.39. The van der Waals surface area contributed by atoms with E-state index in [1.54, 1.807) is 7.11 Å². The molecule has 1 fully saturated rings. The Balaban J connectivity index is 1.18. The second-order valence-electron chi connectivity index (χ2n) is 10.8. The predicted octanol–water partition coefficient (Wildman–Crippen LogP) is 5.29. The SMILES string of the molecule is COC1=CC2=CC=CN(C)C2C(N2CCN(C3C=CN(c4ccc(F)c5c(OC)cc(C(F)(F)F)nc45)CC3)CC2)=C1. The molecule has 0 saturated carbocycles. The van der Waals surface area contributed by atoms with Gasteiger partial charge in [0.05, 0.1) is 31.3 Å². The van der Waals surface area contributed by atoms with Gasteiger partial charge in [0, 0.05) is 69.9 Å². The van der Waals surface area contributed by atoms with Crippen LogP contribution < -0.4 is 9.64 Å². The molecule has 11 heteroatoms. The van der Waals surface area contributed by atoms with Crippen molar-refractivity contribution >= 4 is 16.6 Å². The number of nitrogens with zero attached hydrogens (tertiary/aromatic N) is 5. The van der Waals surface area contributed by atoms with E-state index in [1.165, 1.54) is 30.5 Å². The summed E-state index contributed by atoms with van der Waals surface area (Å²) in [4.78, 5) is 12.8. The van der Waals surface area contributed by atoms with Crippen molar-refractivity contribution in [2.75, 3.05) is 58.9 Å². The topological polar surface area (TPSA) is 44.3 Å². The number of benzene rings is 1. The lowest BCUT2D eigenvalue weighted by Crippen LogP contribution is -2.53. The summed E-state index contributed by atoms with van der Waals surface area (Å²) in [5.74, 6) is -0.0258. The minimum atomic E-state index is -4.69. The number of hydrogen-bond acceptors (Lipinski definition) is 7. The molecule has 42 heavy (non-hydrogen) atoms. The van der Waals surface area contributed by atoms with E-state index in [1.807, 2.05) is 17.2 Å². The average molecular weight is 584 g/mol. The Morgan fingerprint density at radius 3 is 2.43 bits per heavy atom. The van der Waals surface area contributed by atoms with Crippen molar-refractivity contribution in [2.24, 2.45) is 0 Å². The largest absolute Gasteiger partial charge is 0.497 e. The molecular weight excluding hydrogens is 550 g/mol. The summed E-state index contributed by atoms with van der Waals surface area (Å²) in [5.41, 5.74) is 1.65. The fourth-order valence-electron chi connectivity index (χ4n) is 6.27. The zero-order chi connectivity index (χ0) is 29.6. The van der Waals surface area contributed by atoms with Crippen LogP contribution in [0.15, 0.2) is 78.0 Å². The zero-order valence-corrected chi connectivity index (χ0v) is 23.7. The summed E-state index contributed by atoms with van der Waals surface area (Å²) in [6, 6.07) is 3.81. The lowest BCUT2D eigenvalue weighted by atomic mass is 9.93. The first kappa shape index (κ1) is 28.1. The van der Waals surface area contributed by atoms with Gasteiger partial charge in [-0.1, -0.05) is 12.2 Å². The van der Waals surface area contributed by atoms with Gasteiger partial charge >= 0.3 is 6.18 Å². The molecule has 4 aliphatic rings. The maximum atomic E-state index is 14.8. The number of halogens is 4. The van der Waals surface area contributed by atoms with E-state index in [-0.39, 0.29) is 28.7 Å². The number of ether oxygens (including phenoxy) is 2. The van der Waals surface area contributed by atoms with Crippen LogP contribution in [0.4, 0.5) is 23.2 Å². The van der Waals surface area contributed by atoms with E-state index < -0.39 is 17.7 Å². The maximum Gasteiger partial charge on any atom is 0.433 e. The van der Waals surface area contributed by atoms with Gasteiger partial charge in [0.25, 0.3) is 0 Å². The lowest BCUT2D eigenvalue weighted by Gasteiger charge is -2.45. The number of alkyl halides is 3. The van der Waals surface area contributed by atoms with Crippen LogP contribution in [0, 0.1) is 5.82 Å². The molecule has 0 radical (unpaired) electrons. The third-order valence-corrected chi connectivity index (χ3v) is 8.42. The Kier molecular flexibility index (Phi) is 7.38. The second-order valence-corrected chi connectivity index (χ2v) is 10.8. The number of pyridine rings is 1. The first-order valence-electron chi connectivity index (χ1n) is 13.9. The number of likely N-dealkylation sites (N-methyl/N-ethyl adjacent to an activating group) is 1. The van der Waals surface area contributed by atoms with Crippen molar-refractivity contribution in [1.29, 1.82) is 0 Å².